The van der Waals surface area contributed by atoms with Crippen molar-refractivity contribution in [3.63, 3.8) is 0 Å². The van der Waals surface area contributed by atoms with Gasteiger partial charge in [0, 0.05) is 81.1 Å². The van der Waals surface area contributed by atoms with E-state index >= 15 is 0 Å². The first kappa shape index (κ1) is 35.2. The van der Waals surface area contributed by atoms with E-state index in [2.05, 4.69) is 132 Å². The van der Waals surface area contributed by atoms with Crippen molar-refractivity contribution in [2.45, 2.75) is 6.92 Å². The van der Waals surface area contributed by atoms with Crippen LogP contribution in [0.25, 0.3) is 67.0 Å². The Kier molecular flexibility index (Phi) is 9.12. The summed E-state index contributed by atoms with van der Waals surface area (Å²) >= 11 is 0. The molecule has 2 heterocycles. The third kappa shape index (κ3) is 7.03. The van der Waals surface area contributed by atoms with Crippen molar-refractivity contribution in [3.05, 3.63) is 137 Å². The van der Waals surface area contributed by atoms with Crippen molar-refractivity contribution < 1.29 is 22.1 Å². The van der Waals surface area contributed by atoms with Gasteiger partial charge in [0.1, 0.15) is 11.0 Å². The average molecular weight is 725 g/mol. The van der Waals surface area contributed by atoms with Crippen LogP contribution in [0.1, 0.15) is 5.56 Å². The van der Waals surface area contributed by atoms with Gasteiger partial charge in [0.15, 0.2) is 5.43 Å². The zero-order chi connectivity index (χ0) is 37.6. The van der Waals surface area contributed by atoms with Crippen LogP contribution in [0.2, 0.25) is 0 Å². The molecule has 2 aliphatic rings. The Bertz CT molecular complexity index is 2800. The number of hydrogen-bond donors (Lipinski definition) is 1. The molecule has 1 aromatic heterocycles. The summed E-state index contributed by atoms with van der Waals surface area (Å²) in [7, 11) is 3.33. The standard InChI is InChI=1S/C41H35N6O.H2O4S/c1-26-20-34-40(25-41(26)48)47(29-14-10-7-11-15-29)39-24-36(45(4)5)31(23-35(39)43-34)27-16-18-32-37(21-27)46(28-12-8-6-9-13-28)38-22-30(44(2)3)17-19-33(38)42-32;1-5(2,3)4/h6-25H,1-5H3;(H2,1,2,3,4)/q+1;/p-1. The third-order valence-electron chi connectivity index (χ3n) is 9.08. The van der Waals surface area contributed by atoms with Crippen LogP contribution in [0.15, 0.2) is 126 Å². The maximum Gasteiger partial charge on any atom is 0.239 e. The molecule has 0 saturated carbocycles. The highest BCUT2D eigenvalue weighted by atomic mass is 32.3. The van der Waals surface area contributed by atoms with Gasteiger partial charge >= 0.3 is 0 Å². The molecular formula is C41H36N6O5S. The third-order valence-corrected chi connectivity index (χ3v) is 9.08. The van der Waals surface area contributed by atoms with Crippen LogP contribution in [0.4, 0.5) is 11.4 Å². The van der Waals surface area contributed by atoms with Crippen LogP contribution in [-0.4, -0.2) is 60.2 Å². The zero-order valence-electron chi connectivity index (χ0n) is 29.7. The van der Waals surface area contributed by atoms with Crippen molar-refractivity contribution in [1.29, 1.82) is 0 Å². The molecular weight excluding hydrogens is 689 g/mol. The minimum atomic E-state index is -4.92. The fourth-order valence-electron chi connectivity index (χ4n) is 6.62. The molecule has 0 radical (unpaired) electrons. The monoisotopic (exact) mass is 724 g/mol. The van der Waals surface area contributed by atoms with Crippen LogP contribution in [0, 0.1) is 6.92 Å². The van der Waals surface area contributed by atoms with E-state index in [0.717, 1.165) is 78.4 Å². The van der Waals surface area contributed by atoms with Crippen molar-refractivity contribution in [2.75, 3.05) is 38.0 Å². The first-order valence-corrected chi connectivity index (χ1v) is 18.1. The van der Waals surface area contributed by atoms with Crippen LogP contribution in [0.3, 0.4) is 0 Å². The number of para-hydroxylation sites is 2. The molecule has 1 aliphatic heterocycles. The summed E-state index contributed by atoms with van der Waals surface area (Å²) in [5.74, 6) is 0. The summed E-state index contributed by atoms with van der Waals surface area (Å²) in [6.45, 7) is 1.84. The number of rotatable bonds is 5. The lowest BCUT2D eigenvalue weighted by molar-refractivity contribution is -0.538. The Morgan fingerprint density at radius 2 is 1.34 bits per heavy atom. The maximum atomic E-state index is 12.9. The number of aromatic nitrogens is 4. The van der Waals surface area contributed by atoms with Crippen LogP contribution in [-0.2, 0) is 10.4 Å². The molecule has 12 heteroatoms. The highest BCUT2D eigenvalue weighted by Gasteiger charge is 2.23. The van der Waals surface area contributed by atoms with Crippen molar-refractivity contribution in [1.82, 2.24) is 14.5 Å². The molecule has 0 bridgehead atoms. The highest BCUT2D eigenvalue weighted by Crippen LogP contribution is 2.38. The molecule has 0 fully saturated rings. The molecule has 0 spiro atoms. The quantitative estimate of drug-likeness (QED) is 0.0904. The lowest BCUT2D eigenvalue weighted by atomic mass is 9.99. The number of aryl methyl sites for hydroxylation is 1. The molecule has 0 amide bonds. The van der Waals surface area contributed by atoms with Gasteiger partial charge in [-0.25, -0.2) is 18.4 Å². The van der Waals surface area contributed by atoms with E-state index in [-0.39, 0.29) is 5.43 Å². The Morgan fingerprint density at radius 1 is 0.717 bits per heavy atom. The van der Waals surface area contributed by atoms with Gasteiger partial charge in [0.25, 0.3) is 0 Å². The predicted octanol–water partition coefficient (Wildman–Crippen LogP) is 6.58. The Balaban J connectivity index is 0.000000817. The lowest BCUT2D eigenvalue weighted by Crippen LogP contribution is -2.33. The topological polar surface area (TPSA) is 136 Å². The molecule has 1 aliphatic carbocycles. The summed E-state index contributed by atoms with van der Waals surface area (Å²) in [4.78, 5) is 27.4. The van der Waals surface area contributed by atoms with E-state index in [1.807, 2.05) is 37.3 Å². The molecule has 5 aromatic carbocycles. The van der Waals surface area contributed by atoms with Gasteiger partial charge in [-0.3, -0.25) is 9.35 Å². The van der Waals surface area contributed by atoms with E-state index in [4.69, 9.17) is 27.5 Å². The molecule has 11 nitrogen and oxygen atoms in total. The number of anilines is 2. The minimum absolute atomic E-state index is 0.000459. The van der Waals surface area contributed by atoms with Gasteiger partial charge in [-0.2, -0.15) is 0 Å². The van der Waals surface area contributed by atoms with Gasteiger partial charge < -0.3 is 18.9 Å². The highest BCUT2D eigenvalue weighted by molar-refractivity contribution is 7.79. The van der Waals surface area contributed by atoms with E-state index in [1.165, 1.54) is 0 Å². The number of nitrogens with zero attached hydrogens (tertiary/aromatic N) is 6. The first-order valence-electron chi connectivity index (χ1n) is 16.7. The molecule has 0 unspecified atom stereocenters. The van der Waals surface area contributed by atoms with Gasteiger partial charge in [-0.05, 0) is 66.6 Å². The number of hydrogen-bond acceptors (Lipinski definition) is 8. The molecule has 1 N–H and O–H groups in total. The first-order chi connectivity index (χ1) is 25.3. The lowest BCUT2D eigenvalue weighted by Gasteiger charge is -2.23. The largest absolute Gasteiger partial charge is 0.726 e. The fourth-order valence-corrected chi connectivity index (χ4v) is 6.62. The average Bonchev–Trinajstić information content (AvgIpc) is 3.12. The summed E-state index contributed by atoms with van der Waals surface area (Å²) < 4.78 is 37.3. The molecule has 8 rings (SSSR count). The van der Waals surface area contributed by atoms with Crippen LogP contribution < -0.4 is 19.8 Å². The molecule has 0 saturated heterocycles. The zero-order valence-corrected chi connectivity index (χ0v) is 30.5. The minimum Gasteiger partial charge on any atom is -0.726 e. The Hall–Kier alpha value is -6.21. The second-order valence-corrected chi connectivity index (χ2v) is 14.0. The fraction of sp³-hybridized carbons (Fsp3) is 0.122. The van der Waals surface area contributed by atoms with Crippen molar-refractivity contribution in [2.24, 2.45) is 0 Å². The smallest absolute Gasteiger partial charge is 0.239 e. The molecule has 53 heavy (non-hydrogen) atoms. The number of benzene rings is 6. The summed E-state index contributed by atoms with van der Waals surface area (Å²) in [5, 5.41) is 0. The maximum absolute atomic E-state index is 12.9. The van der Waals surface area contributed by atoms with Crippen molar-refractivity contribution in [3.8, 4) is 33.9 Å². The van der Waals surface area contributed by atoms with Gasteiger partial charge in [0.05, 0.1) is 22.4 Å². The van der Waals surface area contributed by atoms with Gasteiger partial charge in [0.2, 0.25) is 27.1 Å². The second-order valence-electron chi connectivity index (χ2n) is 13.1. The second kappa shape index (κ2) is 13.7. The summed E-state index contributed by atoms with van der Waals surface area (Å²) in [5.41, 5.74) is 14.2. The van der Waals surface area contributed by atoms with Crippen molar-refractivity contribution >= 4 is 54.9 Å². The Labute approximate surface area is 306 Å². The van der Waals surface area contributed by atoms with Gasteiger partial charge in [-0.1, -0.05) is 42.5 Å². The Morgan fingerprint density at radius 3 is 1.98 bits per heavy atom. The van der Waals surface area contributed by atoms with Crippen LogP contribution >= 0.6 is 0 Å². The normalized spacial score (nSPS) is 11.5. The van der Waals surface area contributed by atoms with E-state index in [0.29, 0.717) is 5.56 Å². The molecule has 0 atom stereocenters. The van der Waals surface area contributed by atoms with Gasteiger partial charge in [-0.15, -0.1) is 4.57 Å². The summed E-state index contributed by atoms with van der Waals surface area (Å²) in [6.07, 6.45) is 0. The predicted molar refractivity (Wildman–Crippen MR) is 209 cm³/mol. The van der Waals surface area contributed by atoms with E-state index in [1.54, 1.807) is 6.07 Å². The molecule has 266 valence electrons. The van der Waals surface area contributed by atoms with Crippen LogP contribution in [0.5, 0.6) is 0 Å². The SMILES string of the molecule is Cc1cc2nc3cc(-c4ccc5nc6ccc(N(C)C)cc6[n+](-c6ccccc6)c5c4)c(N(C)C)cc3n(-c3ccccc3)c-2cc1=O.O=S(=O)([O-])O. The van der Waals surface area contributed by atoms with E-state index in [9.17, 15) is 4.79 Å². The number of fused-ring (bicyclic) bond motifs is 4. The van der Waals surface area contributed by atoms with E-state index < -0.39 is 10.4 Å². The summed E-state index contributed by atoms with van der Waals surface area (Å²) in [6, 6.07) is 41.5. The molecule has 6 aromatic rings.